The minimum absolute atomic E-state index is 1.01. The smallest absolute Gasteiger partial charge is 0.0180 e. The van der Waals surface area contributed by atoms with E-state index in [0.717, 1.165) is 11.2 Å². The molecule has 2 fully saturated rings. The van der Waals surface area contributed by atoms with E-state index in [0.29, 0.717) is 0 Å². The molecule has 1 aliphatic heterocycles. The zero-order valence-corrected chi connectivity index (χ0v) is 9.97. The maximum atomic E-state index is 2.20. The van der Waals surface area contributed by atoms with Crippen molar-refractivity contribution < 1.29 is 0 Å². The largest absolute Gasteiger partial charge is 0.0939 e. The van der Waals surface area contributed by atoms with Crippen molar-refractivity contribution >= 4 is 21.6 Å². The fraction of sp³-hybridized carbons (Fsp3) is 1.00. The van der Waals surface area contributed by atoms with E-state index >= 15 is 0 Å². The maximum absolute atomic E-state index is 2.20. The zero-order valence-electron chi connectivity index (χ0n) is 8.34. The summed E-state index contributed by atoms with van der Waals surface area (Å²) in [6, 6.07) is 0. The summed E-state index contributed by atoms with van der Waals surface area (Å²) in [7, 11) is 4.32. The van der Waals surface area contributed by atoms with E-state index in [1.807, 2.05) is 0 Å². The van der Waals surface area contributed by atoms with Crippen LogP contribution in [0, 0.1) is 5.92 Å². The summed E-state index contributed by atoms with van der Waals surface area (Å²) in [5, 5.41) is 1.01. The van der Waals surface area contributed by atoms with Crippen molar-refractivity contribution in [3.63, 3.8) is 0 Å². The van der Waals surface area contributed by atoms with Gasteiger partial charge in [0.1, 0.15) is 0 Å². The minimum atomic E-state index is 1.01. The Morgan fingerprint density at radius 1 is 0.769 bits per heavy atom. The lowest BCUT2D eigenvalue weighted by Crippen LogP contribution is -2.18. The Balaban J connectivity index is 1.82. The third-order valence-corrected chi connectivity index (χ3v) is 6.44. The van der Waals surface area contributed by atoms with Gasteiger partial charge in [-0.2, -0.15) is 0 Å². The van der Waals surface area contributed by atoms with Crippen LogP contribution in [0.4, 0.5) is 0 Å². The van der Waals surface area contributed by atoms with Gasteiger partial charge in [-0.15, -0.1) is 0 Å². The van der Waals surface area contributed by atoms with E-state index in [4.69, 9.17) is 0 Å². The molecular formula is C11H20S2. The molecule has 1 saturated heterocycles. The van der Waals surface area contributed by atoms with Crippen LogP contribution in [-0.4, -0.2) is 11.0 Å². The Bertz CT molecular complexity index is 133. The molecule has 0 aromatic carbocycles. The van der Waals surface area contributed by atoms with E-state index in [2.05, 4.69) is 21.6 Å². The van der Waals surface area contributed by atoms with Crippen LogP contribution in [0.5, 0.6) is 0 Å². The third-order valence-electron chi connectivity index (χ3n) is 3.33. The van der Waals surface area contributed by atoms with Gasteiger partial charge in [-0.05, 0) is 31.6 Å². The molecule has 13 heavy (non-hydrogen) atoms. The molecule has 0 spiro atoms. The highest BCUT2D eigenvalue weighted by Gasteiger charge is 2.25. The van der Waals surface area contributed by atoms with Gasteiger partial charge in [-0.3, -0.25) is 0 Å². The van der Waals surface area contributed by atoms with Crippen LogP contribution in [0.1, 0.15) is 51.4 Å². The second-order valence-electron chi connectivity index (χ2n) is 4.35. The highest BCUT2D eigenvalue weighted by atomic mass is 33.1. The second kappa shape index (κ2) is 5.55. The van der Waals surface area contributed by atoms with E-state index in [9.17, 15) is 0 Å². The average molecular weight is 216 g/mol. The Morgan fingerprint density at radius 2 is 1.54 bits per heavy atom. The quantitative estimate of drug-likeness (QED) is 0.467. The van der Waals surface area contributed by atoms with Crippen molar-refractivity contribution in [3.8, 4) is 0 Å². The molecule has 0 aromatic rings. The molecule has 0 radical (unpaired) electrons. The molecule has 1 atom stereocenters. The molecular weight excluding hydrogens is 196 g/mol. The Labute approximate surface area is 90.0 Å². The van der Waals surface area contributed by atoms with Gasteiger partial charge in [0.05, 0.1) is 0 Å². The van der Waals surface area contributed by atoms with E-state index < -0.39 is 0 Å². The standard InChI is InChI=1S/C11H20S2/c1-2-4-7-10(6-3-1)11-8-5-9-12-13-11/h10-11H,1-9H2. The van der Waals surface area contributed by atoms with E-state index in [-0.39, 0.29) is 0 Å². The van der Waals surface area contributed by atoms with Gasteiger partial charge in [-0.25, -0.2) is 0 Å². The predicted molar refractivity (Wildman–Crippen MR) is 64.3 cm³/mol. The lowest BCUT2D eigenvalue weighted by Gasteiger charge is -2.28. The summed E-state index contributed by atoms with van der Waals surface area (Å²) in [6.45, 7) is 0. The Kier molecular flexibility index (Phi) is 4.36. The topological polar surface area (TPSA) is 0 Å². The molecule has 2 heteroatoms. The van der Waals surface area contributed by atoms with Crippen molar-refractivity contribution in [2.75, 3.05) is 5.75 Å². The van der Waals surface area contributed by atoms with Gasteiger partial charge < -0.3 is 0 Å². The van der Waals surface area contributed by atoms with Crippen LogP contribution in [0.15, 0.2) is 0 Å². The van der Waals surface area contributed by atoms with E-state index in [1.54, 1.807) is 0 Å². The summed E-state index contributed by atoms with van der Waals surface area (Å²) in [6.07, 6.45) is 12.0. The maximum Gasteiger partial charge on any atom is 0.0180 e. The van der Waals surface area contributed by atoms with Gasteiger partial charge in [0.2, 0.25) is 0 Å². The van der Waals surface area contributed by atoms with Crippen molar-refractivity contribution in [2.24, 2.45) is 5.92 Å². The summed E-state index contributed by atoms with van der Waals surface area (Å²) < 4.78 is 0. The average Bonchev–Trinajstić information content (AvgIpc) is 2.47. The lowest BCUT2D eigenvalue weighted by atomic mass is 9.94. The number of rotatable bonds is 1. The first kappa shape index (κ1) is 10.2. The first-order valence-electron chi connectivity index (χ1n) is 5.75. The van der Waals surface area contributed by atoms with Gasteiger partial charge in [0.15, 0.2) is 0 Å². The van der Waals surface area contributed by atoms with Crippen molar-refractivity contribution in [1.82, 2.24) is 0 Å². The second-order valence-corrected chi connectivity index (χ2v) is 7.08. The minimum Gasteiger partial charge on any atom is -0.0939 e. The number of hydrogen-bond acceptors (Lipinski definition) is 2. The van der Waals surface area contributed by atoms with Crippen molar-refractivity contribution in [2.45, 2.75) is 56.6 Å². The fourth-order valence-electron chi connectivity index (χ4n) is 2.52. The fourth-order valence-corrected chi connectivity index (χ4v) is 5.70. The van der Waals surface area contributed by atoms with Crippen LogP contribution in [0.25, 0.3) is 0 Å². The lowest BCUT2D eigenvalue weighted by molar-refractivity contribution is 0.427. The molecule has 2 rings (SSSR count). The van der Waals surface area contributed by atoms with Crippen LogP contribution < -0.4 is 0 Å². The zero-order chi connectivity index (χ0) is 8.93. The molecule has 1 unspecified atom stereocenters. The van der Waals surface area contributed by atoms with Crippen LogP contribution in [0.2, 0.25) is 0 Å². The van der Waals surface area contributed by atoms with Gasteiger partial charge in [0, 0.05) is 11.0 Å². The molecule has 0 aromatic heterocycles. The first-order chi connectivity index (χ1) is 6.47. The van der Waals surface area contributed by atoms with Crippen LogP contribution in [0.3, 0.4) is 0 Å². The van der Waals surface area contributed by atoms with E-state index in [1.165, 1.54) is 57.1 Å². The molecule has 76 valence electrons. The Hall–Kier alpha value is 0.700. The highest BCUT2D eigenvalue weighted by molar-refractivity contribution is 8.77. The number of hydrogen-bond donors (Lipinski definition) is 0. The van der Waals surface area contributed by atoms with Crippen LogP contribution in [-0.2, 0) is 0 Å². The monoisotopic (exact) mass is 216 g/mol. The van der Waals surface area contributed by atoms with Crippen LogP contribution >= 0.6 is 21.6 Å². The van der Waals surface area contributed by atoms with Gasteiger partial charge >= 0.3 is 0 Å². The summed E-state index contributed by atoms with van der Waals surface area (Å²) in [4.78, 5) is 0. The SMILES string of the molecule is C1CCCC(C2CCCSS2)CC1. The Morgan fingerprint density at radius 3 is 2.15 bits per heavy atom. The van der Waals surface area contributed by atoms with Crippen molar-refractivity contribution in [3.05, 3.63) is 0 Å². The molecule has 1 heterocycles. The molecule has 2 aliphatic rings. The molecule has 0 N–H and O–H groups in total. The molecule has 0 bridgehead atoms. The summed E-state index contributed by atoms with van der Waals surface area (Å²) in [5.41, 5.74) is 0. The summed E-state index contributed by atoms with van der Waals surface area (Å²) in [5.74, 6) is 2.47. The van der Waals surface area contributed by atoms with Crippen molar-refractivity contribution in [1.29, 1.82) is 0 Å². The summed E-state index contributed by atoms with van der Waals surface area (Å²) >= 11 is 0. The van der Waals surface area contributed by atoms with Gasteiger partial charge in [-0.1, -0.05) is 47.3 Å². The first-order valence-corrected chi connectivity index (χ1v) is 8.13. The molecule has 1 aliphatic carbocycles. The highest BCUT2D eigenvalue weighted by Crippen LogP contribution is 2.43. The molecule has 0 nitrogen and oxygen atoms in total. The molecule has 1 saturated carbocycles. The molecule has 0 amide bonds. The normalized spacial score (nSPS) is 32.8. The third kappa shape index (κ3) is 3.09. The van der Waals surface area contributed by atoms with Gasteiger partial charge in [0.25, 0.3) is 0 Å². The predicted octanol–water partition coefficient (Wildman–Crippen LogP) is 4.50.